The minimum atomic E-state index is -0.0682. The highest BCUT2D eigenvalue weighted by Gasteiger charge is 2.28. The highest BCUT2D eigenvalue weighted by Crippen LogP contribution is 2.30. The molecule has 2 fully saturated rings. The molecule has 1 aliphatic carbocycles. The van der Waals surface area contributed by atoms with Crippen LogP contribution in [0.5, 0.6) is 0 Å². The zero-order valence-corrected chi connectivity index (χ0v) is 8.58. The summed E-state index contributed by atoms with van der Waals surface area (Å²) in [7, 11) is 0. The van der Waals surface area contributed by atoms with Crippen molar-refractivity contribution in [3.05, 3.63) is 0 Å². The Bertz CT molecular complexity index is 157. The summed E-state index contributed by atoms with van der Waals surface area (Å²) in [6.45, 7) is 5.38. The van der Waals surface area contributed by atoms with Crippen molar-refractivity contribution in [1.29, 1.82) is 0 Å². The average molecular weight is 183 g/mol. The molecule has 2 unspecified atom stereocenters. The van der Waals surface area contributed by atoms with E-state index in [1.54, 1.807) is 0 Å². The van der Waals surface area contributed by atoms with E-state index in [0.717, 1.165) is 19.0 Å². The molecule has 2 aliphatic rings. The molecule has 0 aromatic heterocycles. The highest BCUT2D eigenvalue weighted by atomic mass is 16.3. The predicted molar refractivity (Wildman–Crippen MR) is 53.6 cm³/mol. The molecule has 0 aromatic carbocycles. The molecule has 0 spiro atoms. The third-order valence-electron chi connectivity index (χ3n) is 3.73. The molecule has 0 bridgehead atoms. The topological polar surface area (TPSA) is 23.5 Å². The van der Waals surface area contributed by atoms with E-state index in [4.69, 9.17) is 0 Å². The van der Waals surface area contributed by atoms with Crippen LogP contribution in [0.3, 0.4) is 0 Å². The molecule has 1 N–H and O–H groups in total. The van der Waals surface area contributed by atoms with Crippen molar-refractivity contribution in [1.82, 2.24) is 4.90 Å². The van der Waals surface area contributed by atoms with E-state index < -0.39 is 0 Å². The molecule has 76 valence electrons. The molecular weight excluding hydrogens is 162 g/mol. The lowest BCUT2D eigenvalue weighted by Gasteiger charge is -2.27. The molecule has 1 saturated heterocycles. The van der Waals surface area contributed by atoms with Gasteiger partial charge in [0.1, 0.15) is 0 Å². The van der Waals surface area contributed by atoms with E-state index in [0.29, 0.717) is 5.92 Å². The van der Waals surface area contributed by atoms with Crippen molar-refractivity contribution in [2.75, 3.05) is 19.6 Å². The van der Waals surface area contributed by atoms with Crippen molar-refractivity contribution in [2.45, 2.75) is 38.7 Å². The Morgan fingerprint density at radius 1 is 1.31 bits per heavy atom. The van der Waals surface area contributed by atoms with Gasteiger partial charge in [0, 0.05) is 13.1 Å². The molecule has 13 heavy (non-hydrogen) atoms. The van der Waals surface area contributed by atoms with Crippen molar-refractivity contribution in [3.63, 3.8) is 0 Å². The van der Waals surface area contributed by atoms with Gasteiger partial charge in [-0.3, -0.25) is 0 Å². The number of hydrogen-bond donors (Lipinski definition) is 1. The van der Waals surface area contributed by atoms with Crippen molar-refractivity contribution < 1.29 is 5.11 Å². The molecule has 0 aromatic rings. The maximum absolute atomic E-state index is 9.56. The van der Waals surface area contributed by atoms with Crippen LogP contribution in [0.4, 0.5) is 0 Å². The van der Waals surface area contributed by atoms with E-state index in [1.807, 2.05) is 0 Å². The molecule has 0 radical (unpaired) electrons. The van der Waals surface area contributed by atoms with Crippen LogP contribution >= 0.6 is 0 Å². The van der Waals surface area contributed by atoms with Crippen molar-refractivity contribution in [3.8, 4) is 0 Å². The molecule has 2 nitrogen and oxygen atoms in total. The maximum Gasteiger partial charge on any atom is 0.0704 e. The first-order chi connectivity index (χ1) is 6.25. The quantitative estimate of drug-likeness (QED) is 0.716. The summed E-state index contributed by atoms with van der Waals surface area (Å²) in [5.74, 6) is 1.49. The Hall–Kier alpha value is -0.0800. The molecule has 1 heterocycles. The molecule has 0 amide bonds. The number of aliphatic hydroxyl groups is 1. The Labute approximate surface area is 80.9 Å². The summed E-state index contributed by atoms with van der Waals surface area (Å²) < 4.78 is 0. The highest BCUT2D eigenvalue weighted by molar-refractivity contribution is 4.81. The van der Waals surface area contributed by atoms with Gasteiger partial charge in [-0.25, -0.2) is 0 Å². The number of aliphatic hydroxyl groups excluding tert-OH is 1. The van der Waals surface area contributed by atoms with Crippen molar-refractivity contribution in [2.24, 2.45) is 11.8 Å². The number of β-amino-alcohol motifs (C(OH)–C–C–N with tert-alkyl or cyclic N) is 1. The summed E-state index contributed by atoms with van der Waals surface area (Å²) in [6.07, 6.45) is 5.64. The smallest absolute Gasteiger partial charge is 0.0704 e. The maximum atomic E-state index is 9.56. The summed E-state index contributed by atoms with van der Waals surface area (Å²) in [5, 5.41) is 9.56. The summed E-state index contributed by atoms with van der Waals surface area (Å²) in [5.41, 5.74) is 0. The van der Waals surface area contributed by atoms with E-state index in [-0.39, 0.29) is 6.10 Å². The second-order valence-electron chi connectivity index (χ2n) is 4.89. The van der Waals surface area contributed by atoms with Gasteiger partial charge in [0.2, 0.25) is 0 Å². The van der Waals surface area contributed by atoms with E-state index >= 15 is 0 Å². The third kappa shape index (κ3) is 2.23. The number of hydrogen-bond acceptors (Lipinski definition) is 2. The van der Waals surface area contributed by atoms with Gasteiger partial charge in [0.15, 0.2) is 0 Å². The fourth-order valence-corrected chi connectivity index (χ4v) is 2.38. The van der Waals surface area contributed by atoms with Gasteiger partial charge in [0.25, 0.3) is 0 Å². The Balaban J connectivity index is 1.65. The van der Waals surface area contributed by atoms with Gasteiger partial charge in [-0.05, 0) is 24.8 Å². The Morgan fingerprint density at radius 3 is 2.54 bits per heavy atom. The lowest BCUT2D eigenvalue weighted by Crippen LogP contribution is -2.26. The first kappa shape index (κ1) is 9.47. The molecule has 2 heteroatoms. The summed E-state index contributed by atoms with van der Waals surface area (Å²) in [4.78, 5) is 2.42. The minimum Gasteiger partial charge on any atom is -0.391 e. The predicted octanol–water partition coefficient (Wildman–Crippen LogP) is 1.49. The second-order valence-corrected chi connectivity index (χ2v) is 4.89. The van der Waals surface area contributed by atoms with Crippen LogP contribution in [-0.2, 0) is 0 Å². The van der Waals surface area contributed by atoms with Crippen LogP contribution < -0.4 is 0 Å². The molecule has 2 atom stereocenters. The lowest BCUT2D eigenvalue weighted by molar-refractivity contribution is 0.146. The fraction of sp³-hybridized carbons (Fsp3) is 1.00. The van der Waals surface area contributed by atoms with Gasteiger partial charge in [0.05, 0.1) is 6.10 Å². The zero-order chi connectivity index (χ0) is 9.26. The number of rotatable bonds is 3. The summed E-state index contributed by atoms with van der Waals surface area (Å²) in [6, 6.07) is 0. The first-order valence-electron chi connectivity index (χ1n) is 5.66. The van der Waals surface area contributed by atoms with Gasteiger partial charge >= 0.3 is 0 Å². The van der Waals surface area contributed by atoms with Gasteiger partial charge in [-0.1, -0.05) is 26.2 Å². The second kappa shape index (κ2) is 3.97. The molecular formula is C11H21NO. The van der Waals surface area contributed by atoms with Crippen LogP contribution in [0.25, 0.3) is 0 Å². The van der Waals surface area contributed by atoms with Gasteiger partial charge < -0.3 is 10.0 Å². The molecule has 1 aliphatic heterocycles. The molecule has 2 rings (SSSR count). The lowest BCUT2D eigenvalue weighted by atomic mass is 9.83. The number of likely N-dealkylation sites (tertiary alicyclic amines) is 1. The van der Waals surface area contributed by atoms with Crippen LogP contribution in [-0.4, -0.2) is 35.7 Å². The van der Waals surface area contributed by atoms with Crippen LogP contribution in [0, 0.1) is 11.8 Å². The van der Waals surface area contributed by atoms with E-state index in [1.165, 1.54) is 32.2 Å². The number of nitrogens with zero attached hydrogens (tertiary/aromatic N) is 1. The minimum absolute atomic E-state index is 0.0682. The van der Waals surface area contributed by atoms with Crippen LogP contribution in [0.2, 0.25) is 0 Å². The largest absolute Gasteiger partial charge is 0.391 e. The van der Waals surface area contributed by atoms with Crippen LogP contribution in [0.15, 0.2) is 0 Å². The zero-order valence-electron chi connectivity index (χ0n) is 8.58. The average Bonchev–Trinajstić information content (AvgIpc) is 2.28. The third-order valence-corrected chi connectivity index (χ3v) is 3.73. The Kier molecular flexibility index (Phi) is 2.89. The molecule has 1 saturated carbocycles. The first-order valence-corrected chi connectivity index (χ1v) is 5.66. The van der Waals surface area contributed by atoms with Crippen molar-refractivity contribution >= 4 is 0 Å². The SMILES string of the molecule is CC1CN(CCC2CCC2)CC1O. The standard InChI is InChI=1S/C11H21NO/c1-9-7-12(8-11(9)13)6-5-10-3-2-4-10/h9-11,13H,2-8H2,1H3. The van der Waals surface area contributed by atoms with E-state index in [9.17, 15) is 5.11 Å². The van der Waals surface area contributed by atoms with Gasteiger partial charge in [-0.15, -0.1) is 0 Å². The summed E-state index contributed by atoms with van der Waals surface area (Å²) >= 11 is 0. The normalized spacial score (nSPS) is 36.5. The van der Waals surface area contributed by atoms with E-state index in [2.05, 4.69) is 11.8 Å². The fourth-order valence-electron chi connectivity index (χ4n) is 2.38. The Morgan fingerprint density at radius 2 is 2.08 bits per heavy atom. The monoisotopic (exact) mass is 183 g/mol. The van der Waals surface area contributed by atoms with Crippen LogP contribution in [0.1, 0.15) is 32.6 Å². The van der Waals surface area contributed by atoms with Gasteiger partial charge in [-0.2, -0.15) is 0 Å².